The summed E-state index contributed by atoms with van der Waals surface area (Å²) < 4.78 is 24.7. The van der Waals surface area contributed by atoms with Crippen molar-refractivity contribution in [3.05, 3.63) is 78.1 Å². The molecule has 1 amide bonds. The Morgan fingerprint density at radius 1 is 1.18 bits per heavy atom. The van der Waals surface area contributed by atoms with Crippen molar-refractivity contribution in [1.82, 2.24) is 15.1 Å². The Kier molecular flexibility index (Phi) is 5.91. The lowest BCUT2D eigenvalue weighted by molar-refractivity contribution is -0.121. The summed E-state index contributed by atoms with van der Waals surface area (Å²) >= 11 is 0. The third-order valence-corrected chi connectivity index (χ3v) is 5.27. The molecule has 0 aliphatic carbocycles. The van der Waals surface area contributed by atoms with Crippen molar-refractivity contribution in [2.75, 3.05) is 0 Å². The van der Waals surface area contributed by atoms with Crippen LogP contribution in [-0.4, -0.2) is 24.1 Å². The molecular weight excluding hydrogens is 376 g/mol. The molecule has 0 aliphatic heterocycles. The first-order valence-corrected chi connectivity index (χ1v) is 10.4. The van der Waals surface area contributed by atoms with E-state index in [1.807, 2.05) is 36.5 Å². The van der Waals surface area contributed by atoms with E-state index in [-0.39, 0.29) is 16.8 Å². The van der Waals surface area contributed by atoms with Gasteiger partial charge in [0.2, 0.25) is 15.9 Å². The molecule has 2 aromatic carbocycles. The predicted octanol–water partition coefficient (Wildman–Crippen LogP) is 2.33. The third-order valence-electron chi connectivity index (χ3n) is 4.36. The Morgan fingerprint density at radius 2 is 1.93 bits per heavy atom. The van der Waals surface area contributed by atoms with Crippen LogP contribution in [0, 0.1) is 0 Å². The number of carbonyl (C=O) groups excluding carboxylic acids is 1. The number of hydrogen-bond acceptors (Lipinski definition) is 4. The standard InChI is InChI=1S/C20H22N4O3S/c1-15(17-6-5-9-19(12-17)28(21,26)27)23-20(25)11-10-16-13-22-24(14-16)18-7-3-2-4-8-18/h2-9,12-15H,10-11H2,1H3,(H,23,25)(H2,21,26,27)/t15-/m0/s1. The number of hydrogen-bond donors (Lipinski definition) is 2. The van der Waals surface area contributed by atoms with Gasteiger partial charge in [-0.1, -0.05) is 30.3 Å². The van der Waals surface area contributed by atoms with E-state index >= 15 is 0 Å². The largest absolute Gasteiger partial charge is 0.350 e. The molecule has 28 heavy (non-hydrogen) atoms. The van der Waals surface area contributed by atoms with Gasteiger partial charge in [0.05, 0.1) is 22.8 Å². The molecule has 3 N–H and O–H groups in total. The van der Waals surface area contributed by atoms with Gasteiger partial charge in [0.25, 0.3) is 0 Å². The second-order valence-electron chi connectivity index (χ2n) is 6.54. The van der Waals surface area contributed by atoms with Crippen LogP contribution in [0.4, 0.5) is 0 Å². The average molecular weight is 398 g/mol. The number of nitrogens with one attached hydrogen (secondary N) is 1. The molecule has 8 heteroatoms. The lowest BCUT2D eigenvalue weighted by Crippen LogP contribution is -2.27. The molecular formula is C20H22N4O3S. The second kappa shape index (κ2) is 8.37. The number of nitrogens with two attached hydrogens (primary N) is 1. The summed E-state index contributed by atoms with van der Waals surface area (Å²) in [6.07, 6.45) is 4.52. The van der Waals surface area contributed by atoms with E-state index in [9.17, 15) is 13.2 Å². The minimum atomic E-state index is -3.78. The van der Waals surface area contributed by atoms with Gasteiger partial charge in [-0.2, -0.15) is 5.10 Å². The van der Waals surface area contributed by atoms with Crippen molar-refractivity contribution in [3.8, 4) is 5.69 Å². The molecule has 0 saturated heterocycles. The van der Waals surface area contributed by atoms with Crippen LogP contribution in [0.25, 0.3) is 5.69 Å². The topological polar surface area (TPSA) is 107 Å². The van der Waals surface area contributed by atoms with Crippen LogP contribution in [0.1, 0.15) is 30.5 Å². The van der Waals surface area contributed by atoms with E-state index < -0.39 is 10.0 Å². The Morgan fingerprint density at radius 3 is 2.64 bits per heavy atom. The summed E-state index contributed by atoms with van der Waals surface area (Å²) in [5.41, 5.74) is 2.60. The number of amides is 1. The Labute approximate surface area is 164 Å². The van der Waals surface area contributed by atoms with Crippen molar-refractivity contribution in [2.24, 2.45) is 5.14 Å². The molecule has 1 aromatic heterocycles. The van der Waals surface area contributed by atoms with Gasteiger partial charge in [-0.15, -0.1) is 0 Å². The van der Waals surface area contributed by atoms with Crippen molar-refractivity contribution >= 4 is 15.9 Å². The fraction of sp³-hybridized carbons (Fsp3) is 0.200. The summed E-state index contributed by atoms with van der Waals surface area (Å²) in [7, 11) is -3.78. The van der Waals surface area contributed by atoms with E-state index in [0.29, 0.717) is 18.4 Å². The molecule has 3 rings (SSSR count). The first-order valence-electron chi connectivity index (χ1n) is 8.84. The molecule has 7 nitrogen and oxygen atoms in total. The van der Waals surface area contributed by atoms with E-state index in [2.05, 4.69) is 10.4 Å². The van der Waals surface area contributed by atoms with Crippen molar-refractivity contribution < 1.29 is 13.2 Å². The van der Waals surface area contributed by atoms with Crippen LogP contribution in [0.2, 0.25) is 0 Å². The van der Waals surface area contributed by atoms with Crippen LogP contribution < -0.4 is 10.5 Å². The predicted molar refractivity (Wildman–Crippen MR) is 106 cm³/mol. The van der Waals surface area contributed by atoms with E-state index in [1.54, 1.807) is 29.9 Å². The quantitative estimate of drug-likeness (QED) is 0.637. The molecule has 146 valence electrons. The van der Waals surface area contributed by atoms with Crippen LogP contribution >= 0.6 is 0 Å². The molecule has 0 saturated carbocycles. The molecule has 0 radical (unpaired) electrons. The molecule has 3 aromatic rings. The summed E-state index contributed by atoms with van der Waals surface area (Å²) in [5.74, 6) is -0.124. The highest BCUT2D eigenvalue weighted by Crippen LogP contribution is 2.17. The zero-order chi connectivity index (χ0) is 20.1. The molecule has 0 fully saturated rings. The van der Waals surface area contributed by atoms with Gasteiger partial charge in [0.1, 0.15) is 0 Å². The average Bonchev–Trinajstić information content (AvgIpc) is 3.15. The lowest BCUT2D eigenvalue weighted by atomic mass is 10.1. The lowest BCUT2D eigenvalue weighted by Gasteiger charge is -2.15. The van der Waals surface area contributed by atoms with Gasteiger partial charge in [-0.3, -0.25) is 4.79 Å². The summed E-state index contributed by atoms with van der Waals surface area (Å²) in [4.78, 5) is 12.3. The fourth-order valence-corrected chi connectivity index (χ4v) is 3.40. The highest BCUT2D eigenvalue weighted by atomic mass is 32.2. The van der Waals surface area contributed by atoms with E-state index in [1.165, 1.54) is 12.1 Å². The monoisotopic (exact) mass is 398 g/mol. The van der Waals surface area contributed by atoms with Gasteiger partial charge < -0.3 is 5.32 Å². The molecule has 1 atom stereocenters. The zero-order valence-electron chi connectivity index (χ0n) is 15.4. The number of primary sulfonamides is 1. The summed E-state index contributed by atoms with van der Waals surface area (Å²) in [6, 6.07) is 15.7. The van der Waals surface area contributed by atoms with Gasteiger partial charge >= 0.3 is 0 Å². The number of benzene rings is 2. The number of carbonyl (C=O) groups is 1. The minimum absolute atomic E-state index is 0.0272. The molecule has 1 heterocycles. The maximum absolute atomic E-state index is 12.3. The van der Waals surface area contributed by atoms with E-state index in [0.717, 1.165) is 11.3 Å². The minimum Gasteiger partial charge on any atom is -0.350 e. The van der Waals surface area contributed by atoms with Crippen molar-refractivity contribution in [1.29, 1.82) is 0 Å². The first kappa shape index (κ1) is 19.8. The third kappa shape index (κ3) is 5.05. The van der Waals surface area contributed by atoms with E-state index in [4.69, 9.17) is 5.14 Å². The van der Waals surface area contributed by atoms with Crippen LogP contribution in [0.3, 0.4) is 0 Å². The van der Waals surface area contributed by atoms with Gasteiger partial charge in [-0.25, -0.2) is 18.2 Å². The Balaban J connectivity index is 1.57. The number of rotatable bonds is 7. The van der Waals surface area contributed by atoms with Crippen molar-refractivity contribution in [2.45, 2.75) is 30.7 Å². The molecule has 0 bridgehead atoms. The summed E-state index contributed by atoms with van der Waals surface area (Å²) in [6.45, 7) is 1.80. The maximum atomic E-state index is 12.3. The first-order chi connectivity index (χ1) is 13.3. The Bertz CT molecular complexity index is 1060. The SMILES string of the molecule is C[C@H](NC(=O)CCc1cnn(-c2ccccc2)c1)c1cccc(S(N)(=O)=O)c1. The number of para-hydroxylation sites is 1. The van der Waals surface area contributed by atoms with Gasteiger partial charge in [0, 0.05) is 12.6 Å². The fourth-order valence-electron chi connectivity index (χ4n) is 2.83. The Hall–Kier alpha value is -2.97. The number of aromatic nitrogens is 2. The highest BCUT2D eigenvalue weighted by molar-refractivity contribution is 7.89. The zero-order valence-corrected chi connectivity index (χ0v) is 16.3. The molecule has 0 unspecified atom stereocenters. The number of aryl methyl sites for hydroxylation is 1. The normalized spacial score (nSPS) is 12.5. The number of sulfonamides is 1. The molecule has 0 aliphatic rings. The van der Waals surface area contributed by atoms with Crippen LogP contribution in [-0.2, 0) is 21.2 Å². The van der Waals surface area contributed by atoms with Gasteiger partial charge in [-0.05, 0) is 48.7 Å². The van der Waals surface area contributed by atoms with Crippen LogP contribution in [0.5, 0.6) is 0 Å². The summed E-state index contributed by atoms with van der Waals surface area (Å²) in [5, 5.41) is 12.4. The number of nitrogens with zero attached hydrogens (tertiary/aromatic N) is 2. The van der Waals surface area contributed by atoms with Crippen molar-refractivity contribution in [3.63, 3.8) is 0 Å². The van der Waals surface area contributed by atoms with Crippen LogP contribution in [0.15, 0.2) is 71.9 Å². The smallest absolute Gasteiger partial charge is 0.238 e. The molecule has 0 spiro atoms. The second-order valence-corrected chi connectivity index (χ2v) is 8.10. The highest BCUT2D eigenvalue weighted by Gasteiger charge is 2.14. The van der Waals surface area contributed by atoms with Gasteiger partial charge in [0.15, 0.2) is 0 Å². The maximum Gasteiger partial charge on any atom is 0.238 e.